The fourth-order valence-corrected chi connectivity index (χ4v) is 15.2. The van der Waals surface area contributed by atoms with Gasteiger partial charge in [-0.2, -0.15) is 13.2 Å². The van der Waals surface area contributed by atoms with Crippen LogP contribution in [0.25, 0.3) is 0 Å². The summed E-state index contributed by atoms with van der Waals surface area (Å²) >= 11 is 0. The van der Waals surface area contributed by atoms with Gasteiger partial charge >= 0.3 is 6.18 Å². The summed E-state index contributed by atoms with van der Waals surface area (Å²) in [5, 5.41) is 8.49. The number of likely N-dealkylation sites (N-methyl/N-ethyl adjacent to an activating group) is 7. The van der Waals surface area contributed by atoms with E-state index in [4.69, 9.17) is 4.74 Å². The molecule has 2 aromatic rings. The number of fused-ring (bicyclic) bond motifs is 1. The van der Waals surface area contributed by atoms with E-state index >= 15 is 28.0 Å². The molecule has 2 aliphatic carbocycles. The molecule has 2 aromatic carbocycles. The van der Waals surface area contributed by atoms with Gasteiger partial charge in [-0.1, -0.05) is 95.5 Å². The number of nitrogens with zero attached hydrogens (tertiary/aromatic N) is 9. The van der Waals surface area contributed by atoms with Crippen molar-refractivity contribution in [3.63, 3.8) is 0 Å². The SMILES string of the molecule is CCC[C@H]1C(=O)N[C@@H]([C@@H](C)CC)C(=O)N(C)CC(=O)N(C)CC(=O)N(C)[C@@H](Cc2ccc(C)cc2)C(=O)N(C)CC(=O)N[C@@H](CCc2cc(F)c(C(F)(F)F)c(F)c2)C(=O)N2C[C@H](OCC)C[C@H]2C(=O)NC2(CCCC2)C(=O)N(C)[C@@H](C2CCCCC2)C(=O)N(C)[C@H](C(=O)N2CCCC2)CC(=O)N1C. The molecular formula is C74H107F5N12O13. The second kappa shape index (κ2) is 36.6. The highest BCUT2D eigenvalue weighted by Gasteiger charge is 2.52. The predicted octanol–water partition coefficient (Wildman–Crippen LogP) is 5.01. The number of nitrogens with one attached hydrogen (secondary N) is 3. The Labute approximate surface area is 606 Å². The lowest BCUT2D eigenvalue weighted by Gasteiger charge is -2.43. The molecule has 3 N–H and O–H groups in total. The van der Waals surface area contributed by atoms with Crippen molar-refractivity contribution >= 4 is 70.9 Å². The molecule has 5 aliphatic rings. The molecule has 104 heavy (non-hydrogen) atoms. The maximum Gasteiger partial charge on any atom is 0.422 e. The van der Waals surface area contributed by atoms with Gasteiger partial charge in [0, 0.05) is 88.4 Å². The summed E-state index contributed by atoms with van der Waals surface area (Å²) in [4.78, 5) is 190. The van der Waals surface area contributed by atoms with Crippen LogP contribution in [-0.4, -0.2) is 264 Å². The van der Waals surface area contributed by atoms with Crippen LogP contribution in [0.3, 0.4) is 0 Å². The number of amides is 12. The molecule has 3 saturated heterocycles. The number of benzene rings is 2. The zero-order valence-electron chi connectivity index (χ0n) is 62.3. The lowest BCUT2D eigenvalue weighted by molar-refractivity contribution is -0.156. The van der Waals surface area contributed by atoms with E-state index in [1.54, 1.807) is 56.9 Å². The van der Waals surface area contributed by atoms with Gasteiger partial charge in [0.25, 0.3) is 0 Å². The van der Waals surface area contributed by atoms with Crippen molar-refractivity contribution in [2.24, 2.45) is 11.8 Å². The number of carbonyl (C=O) groups excluding carboxylic acids is 12. The van der Waals surface area contributed by atoms with Crippen LogP contribution in [0.2, 0.25) is 0 Å². The summed E-state index contributed by atoms with van der Waals surface area (Å²) < 4.78 is 77.8. The van der Waals surface area contributed by atoms with Crippen LogP contribution in [0.5, 0.6) is 0 Å². The van der Waals surface area contributed by atoms with Crippen molar-refractivity contribution in [3.05, 3.63) is 70.3 Å². The molecule has 9 atom stereocenters. The highest BCUT2D eigenvalue weighted by Crippen LogP contribution is 2.38. The molecule has 1 spiro atoms. The Bertz CT molecular complexity index is 3410. The highest BCUT2D eigenvalue weighted by atomic mass is 19.4. The fourth-order valence-electron chi connectivity index (χ4n) is 15.2. The molecule has 30 heteroatoms. The van der Waals surface area contributed by atoms with Crippen molar-refractivity contribution in [2.75, 3.05) is 95.2 Å². The molecule has 3 heterocycles. The molecule has 25 nitrogen and oxygen atoms in total. The first-order valence-electron chi connectivity index (χ1n) is 36.6. The number of hydrogen-bond donors (Lipinski definition) is 3. The van der Waals surface area contributed by atoms with Crippen LogP contribution in [0.1, 0.15) is 159 Å². The maximum atomic E-state index is 15.8. The van der Waals surface area contributed by atoms with Crippen LogP contribution < -0.4 is 16.0 Å². The van der Waals surface area contributed by atoms with Crippen LogP contribution in [-0.2, 0) is 81.3 Å². The third-order valence-electron chi connectivity index (χ3n) is 21.7. The number of halogens is 5. The number of rotatable bonds is 13. The third-order valence-corrected chi connectivity index (χ3v) is 21.7. The minimum absolute atomic E-state index is 0.0863. The van der Waals surface area contributed by atoms with E-state index in [9.17, 15) is 51.5 Å². The Morgan fingerprint density at radius 2 is 1.24 bits per heavy atom. The smallest absolute Gasteiger partial charge is 0.377 e. The second-order valence-corrected chi connectivity index (χ2v) is 29.2. The Balaban J connectivity index is 1.32. The molecule has 576 valence electrons. The molecular weight excluding hydrogens is 1360 g/mol. The molecule has 12 amide bonds. The standard InChI is InChI=1S/C74H107F5N12O13/c1-13-23-54-65(96)81-63(46(5)14-2)70(101)85(8)43-60(94)83(6)44-61(95)87(10)56(38-47-28-26-45(4)27-29-47)68(99)84(7)42-58(92)80-53(31-30-48-36-51(75)62(52(76)37-48)74(77,78)79)67(98)91-41-50(104-15-3)39-55(91)66(97)82-73(32-19-20-33-73)72(103)89(12)64(49-24-17-16-18-25-49)71(102)88(11)57(40-59(93)86(54)9)69(100)90-34-21-22-35-90/h26-29,36-37,46,49-50,53-57,63-64H,13-25,30-35,38-44H2,1-12H3,(H,80,92)(H,81,96)(H,82,97)/t46-,50+,53-,54-,55-,56-,57-,63-,64-/m0/s1. The summed E-state index contributed by atoms with van der Waals surface area (Å²) in [7, 11) is 9.55. The van der Waals surface area contributed by atoms with Gasteiger partial charge in [-0.3, -0.25) is 57.5 Å². The van der Waals surface area contributed by atoms with E-state index < -0.39 is 199 Å². The highest BCUT2D eigenvalue weighted by molar-refractivity contribution is 6.01. The van der Waals surface area contributed by atoms with Crippen molar-refractivity contribution in [3.8, 4) is 0 Å². The number of ether oxygens (including phenoxy) is 1. The first kappa shape index (κ1) is 83.0. The van der Waals surface area contributed by atoms with Crippen LogP contribution >= 0.6 is 0 Å². The van der Waals surface area contributed by atoms with E-state index in [0.717, 1.165) is 36.5 Å². The Morgan fingerprint density at radius 3 is 1.83 bits per heavy atom. The summed E-state index contributed by atoms with van der Waals surface area (Å²) in [5.41, 5.74) is -2.71. The van der Waals surface area contributed by atoms with Gasteiger partial charge < -0.3 is 64.8 Å². The lowest BCUT2D eigenvalue weighted by Crippen LogP contribution is -2.65. The van der Waals surface area contributed by atoms with E-state index in [1.165, 1.54) is 64.0 Å². The van der Waals surface area contributed by atoms with E-state index in [0.29, 0.717) is 95.0 Å². The molecule has 0 unspecified atom stereocenters. The lowest BCUT2D eigenvalue weighted by atomic mass is 9.81. The fraction of sp³-hybridized carbons (Fsp3) is 0.676. The Morgan fingerprint density at radius 1 is 0.644 bits per heavy atom. The monoisotopic (exact) mass is 1470 g/mol. The number of hydrogen-bond acceptors (Lipinski definition) is 13. The zero-order chi connectivity index (χ0) is 76.8. The maximum absolute atomic E-state index is 15.8. The van der Waals surface area contributed by atoms with E-state index in [1.807, 2.05) is 6.92 Å². The minimum atomic E-state index is -5.41. The van der Waals surface area contributed by atoms with Gasteiger partial charge in [-0.05, 0) is 107 Å². The van der Waals surface area contributed by atoms with Crippen LogP contribution in [0.4, 0.5) is 22.0 Å². The van der Waals surface area contributed by atoms with Crippen LogP contribution in [0.15, 0.2) is 36.4 Å². The van der Waals surface area contributed by atoms with Crippen molar-refractivity contribution in [1.29, 1.82) is 0 Å². The quantitative estimate of drug-likeness (QED) is 0.223. The van der Waals surface area contributed by atoms with E-state index in [2.05, 4.69) is 16.0 Å². The van der Waals surface area contributed by atoms with Gasteiger partial charge in [0.1, 0.15) is 65.0 Å². The van der Waals surface area contributed by atoms with Gasteiger partial charge in [-0.15, -0.1) is 0 Å². The zero-order valence-corrected chi connectivity index (χ0v) is 62.3. The van der Waals surface area contributed by atoms with Gasteiger partial charge in [0.2, 0.25) is 70.9 Å². The second-order valence-electron chi connectivity index (χ2n) is 29.2. The summed E-state index contributed by atoms with van der Waals surface area (Å²) in [6.45, 7) is 7.39. The normalized spacial score (nSPS) is 25.8. The molecule has 7 rings (SSSR count). The minimum Gasteiger partial charge on any atom is -0.377 e. The summed E-state index contributed by atoms with van der Waals surface area (Å²) in [6.07, 6.45) is -1.65. The summed E-state index contributed by atoms with van der Waals surface area (Å²) in [5.74, 6) is -13.7. The van der Waals surface area contributed by atoms with Gasteiger partial charge in [-0.25, -0.2) is 8.78 Å². The molecule has 3 aliphatic heterocycles. The first-order valence-corrected chi connectivity index (χ1v) is 36.6. The Kier molecular flexibility index (Phi) is 29.2. The Hall–Kier alpha value is -8.31. The number of carbonyl (C=O) groups is 12. The largest absolute Gasteiger partial charge is 0.422 e. The third kappa shape index (κ3) is 20.2. The topological polar surface area (TPSA) is 279 Å². The number of alkyl halides is 3. The first-order chi connectivity index (χ1) is 49.1. The van der Waals surface area contributed by atoms with Crippen LogP contribution in [0, 0.1) is 30.4 Å². The van der Waals surface area contributed by atoms with Crippen molar-refractivity contribution < 1.29 is 84.2 Å². The number of likely N-dealkylation sites (tertiary alicyclic amines) is 1. The molecule has 0 radical (unpaired) electrons. The average molecular weight is 1470 g/mol. The summed E-state index contributed by atoms with van der Waals surface area (Å²) in [6, 6.07) is -1.68. The predicted molar refractivity (Wildman–Crippen MR) is 374 cm³/mol. The molecule has 0 aromatic heterocycles. The molecule has 0 bridgehead atoms. The van der Waals surface area contributed by atoms with Gasteiger partial charge in [0.05, 0.1) is 32.2 Å². The van der Waals surface area contributed by atoms with Gasteiger partial charge in [0.15, 0.2) is 0 Å². The van der Waals surface area contributed by atoms with E-state index in [-0.39, 0.29) is 50.8 Å². The van der Waals surface area contributed by atoms with Crippen molar-refractivity contribution in [2.45, 2.75) is 217 Å². The van der Waals surface area contributed by atoms with Crippen molar-refractivity contribution in [1.82, 2.24) is 60.0 Å². The molecule has 2 saturated carbocycles. The average Bonchev–Trinajstić information content (AvgIpc) is 1.46. The molecule has 5 fully saturated rings. The number of aryl methyl sites for hydroxylation is 2.